The molecular weight excluding hydrogens is 104 g/mol. The average Bonchev–Trinajstić information content (AvgIpc) is 2.12. The van der Waals surface area contributed by atoms with Gasteiger partial charge >= 0.3 is 0 Å². The Hall–Kier alpha value is -0.0800. The van der Waals surface area contributed by atoms with E-state index in [2.05, 4.69) is 0 Å². The lowest BCUT2D eigenvalue weighted by atomic mass is 10.2. The Morgan fingerprint density at radius 2 is 2.50 bits per heavy atom. The molecule has 2 atom stereocenters. The maximum absolute atomic E-state index is 8.93. The van der Waals surface area contributed by atoms with E-state index in [0.717, 1.165) is 19.4 Å². The number of hydrogen-bond donors (Lipinski definition) is 1. The second-order valence-corrected chi connectivity index (χ2v) is 2.29. The van der Waals surface area contributed by atoms with Gasteiger partial charge in [0.25, 0.3) is 0 Å². The highest BCUT2D eigenvalue weighted by atomic mass is 16.5. The first kappa shape index (κ1) is 6.05. The Morgan fingerprint density at radius 3 is 2.75 bits per heavy atom. The zero-order valence-electron chi connectivity index (χ0n) is 5.13. The smallest absolute Gasteiger partial charge is 0.0832 e. The fraction of sp³-hybridized carbons (Fsp3) is 1.00. The molecular formula is C6H12O2. The van der Waals surface area contributed by atoms with Gasteiger partial charge in [-0.25, -0.2) is 0 Å². The van der Waals surface area contributed by atoms with Crippen molar-refractivity contribution in [1.82, 2.24) is 0 Å². The lowest BCUT2D eigenvalue weighted by molar-refractivity contribution is 0.00856. The molecule has 0 bridgehead atoms. The highest BCUT2D eigenvalue weighted by Crippen LogP contribution is 2.14. The van der Waals surface area contributed by atoms with Gasteiger partial charge in [-0.1, -0.05) is 0 Å². The molecule has 0 aromatic heterocycles. The van der Waals surface area contributed by atoms with Gasteiger partial charge in [0.15, 0.2) is 0 Å². The molecule has 0 aromatic rings. The number of hydrogen-bond acceptors (Lipinski definition) is 2. The van der Waals surface area contributed by atoms with Gasteiger partial charge in [0.05, 0.1) is 12.2 Å². The van der Waals surface area contributed by atoms with Gasteiger partial charge in [0.2, 0.25) is 0 Å². The van der Waals surface area contributed by atoms with Crippen LogP contribution in [-0.2, 0) is 4.74 Å². The van der Waals surface area contributed by atoms with E-state index in [1.54, 1.807) is 6.92 Å². The molecule has 1 aliphatic heterocycles. The number of ether oxygens (including phenoxy) is 1. The molecule has 1 saturated heterocycles. The van der Waals surface area contributed by atoms with Crippen LogP contribution in [-0.4, -0.2) is 23.9 Å². The molecule has 1 aliphatic rings. The van der Waals surface area contributed by atoms with Crippen molar-refractivity contribution in [2.75, 3.05) is 6.61 Å². The maximum atomic E-state index is 8.93. The zero-order chi connectivity index (χ0) is 5.98. The molecule has 1 rings (SSSR count). The zero-order valence-corrected chi connectivity index (χ0v) is 5.13. The SMILES string of the molecule is CC(O)[C@@H]1CCCO1. The van der Waals surface area contributed by atoms with Gasteiger partial charge in [-0.15, -0.1) is 0 Å². The summed E-state index contributed by atoms with van der Waals surface area (Å²) in [6.45, 7) is 2.60. The van der Waals surface area contributed by atoms with E-state index < -0.39 is 0 Å². The third kappa shape index (κ3) is 1.20. The highest BCUT2D eigenvalue weighted by Gasteiger charge is 2.19. The van der Waals surface area contributed by atoms with Crippen LogP contribution in [0.5, 0.6) is 0 Å². The molecule has 0 spiro atoms. The van der Waals surface area contributed by atoms with Crippen molar-refractivity contribution in [2.45, 2.75) is 32.0 Å². The lowest BCUT2D eigenvalue weighted by Gasteiger charge is -2.10. The Morgan fingerprint density at radius 1 is 1.75 bits per heavy atom. The number of aliphatic hydroxyl groups excluding tert-OH is 1. The summed E-state index contributed by atoms with van der Waals surface area (Å²) in [4.78, 5) is 0. The van der Waals surface area contributed by atoms with Gasteiger partial charge in [-0.2, -0.15) is 0 Å². The largest absolute Gasteiger partial charge is 0.391 e. The molecule has 0 radical (unpaired) electrons. The molecule has 1 fully saturated rings. The summed E-state index contributed by atoms with van der Waals surface area (Å²) >= 11 is 0. The summed E-state index contributed by atoms with van der Waals surface area (Å²) in [6.07, 6.45) is 1.97. The molecule has 2 nitrogen and oxygen atoms in total. The van der Waals surface area contributed by atoms with Gasteiger partial charge in [0.1, 0.15) is 0 Å². The molecule has 2 heteroatoms. The van der Waals surface area contributed by atoms with Crippen LogP contribution in [0.1, 0.15) is 19.8 Å². The summed E-state index contributed by atoms with van der Waals surface area (Å²) in [6, 6.07) is 0. The lowest BCUT2D eigenvalue weighted by Crippen LogP contribution is -2.20. The molecule has 1 N–H and O–H groups in total. The molecule has 48 valence electrons. The summed E-state index contributed by atoms with van der Waals surface area (Å²) < 4.78 is 5.16. The van der Waals surface area contributed by atoms with Gasteiger partial charge in [0, 0.05) is 6.61 Å². The molecule has 8 heavy (non-hydrogen) atoms. The topological polar surface area (TPSA) is 29.5 Å². The molecule has 1 heterocycles. The first-order valence-electron chi connectivity index (χ1n) is 3.10. The first-order valence-corrected chi connectivity index (χ1v) is 3.10. The van der Waals surface area contributed by atoms with E-state index in [9.17, 15) is 0 Å². The van der Waals surface area contributed by atoms with Crippen molar-refractivity contribution in [2.24, 2.45) is 0 Å². The standard InChI is InChI=1S/C6H12O2/c1-5(7)6-3-2-4-8-6/h5-7H,2-4H2,1H3/t5?,6-/m0/s1. The summed E-state index contributed by atoms with van der Waals surface area (Å²) in [5.41, 5.74) is 0. The Bertz CT molecular complexity index is 64.9. The Labute approximate surface area is 49.5 Å². The van der Waals surface area contributed by atoms with E-state index >= 15 is 0 Å². The van der Waals surface area contributed by atoms with Crippen LogP contribution >= 0.6 is 0 Å². The highest BCUT2D eigenvalue weighted by molar-refractivity contribution is 4.68. The third-order valence-corrected chi connectivity index (χ3v) is 1.50. The van der Waals surface area contributed by atoms with Crippen molar-refractivity contribution in [1.29, 1.82) is 0 Å². The van der Waals surface area contributed by atoms with E-state index in [-0.39, 0.29) is 12.2 Å². The van der Waals surface area contributed by atoms with Crippen LogP contribution in [0.3, 0.4) is 0 Å². The minimum Gasteiger partial charge on any atom is -0.391 e. The predicted molar refractivity (Wildman–Crippen MR) is 30.7 cm³/mol. The second-order valence-electron chi connectivity index (χ2n) is 2.29. The molecule has 0 aliphatic carbocycles. The maximum Gasteiger partial charge on any atom is 0.0832 e. The van der Waals surface area contributed by atoms with E-state index in [1.807, 2.05) is 0 Å². The minimum absolute atomic E-state index is 0.120. The quantitative estimate of drug-likeness (QED) is 0.542. The van der Waals surface area contributed by atoms with Crippen molar-refractivity contribution in [3.05, 3.63) is 0 Å². The van der Waals surface area contributed by atoms with Crippen LogP contribution in [0, 0.1) is 0 Å². The fourth-order valence-electron chi connectivity index (χ4n) is 0.983. The van der Waals surface area contributed by atoms with Crippen LogP contribution in [0.2, 0.25) is 0 Å². The molecule has 0 aromatic carbocycles. The molecule has 0 saturated carbocycles. The fourth-order valence-corrected chi connectivity index (χ4v) is 0.983. The van der Waals surface area contributed by atoms with Crippen LogP contribution in [0.4, 0.5) is 0 Å². The number of rotatable bonds is 1. The summed E-state index contributed by atoms with van der Waals surface area (Å²) in [5, 5.41) is 8.93. The van der Waals surface area contributed by atoms with E-state index in [1.165, 1.54) is 0 Å². The van der Waals surface area contributed by atoms with Gasteiger partial charge in [-0.05, 0) is 19.8 Å². The van der Waals surface area contributed by atoms with Crippen molar-refractivity contribution in [3.63, 3.8) is 0 Å². The van der Waals surface area contributed by atoms with Crippen molar-refractivity contribution < 1.29 is 9.84 Å². The van der Waals surface area contributed by atoms with Crippen molar-refractivity contribution >= 4 is 0 Å². The van der Waals surface area contributed by atoms with Gasteiger partial charge in [-0.3, -0.25) is 0 Å². The van der Waals surface area contributed by atoms with Crippen molar-refractivity contribution in [3.8, 4) is 0 Å². The normalized spacial score (nSPS) is 33.0. The second kappa shape index (κ2) is 2.46. The number of aliphatic hydroxyl groups is 1. The van der Waals surface area contributed by atoms with Gasteiger partial charge < -0.3 is 9.84 Å². The van der Waals surface area contributed by atoms with Crippen LogP contribution < -0.4 is 0 Å². The Kier molecular flexibility index (Phi) is 1.86. The predicted octanol–water partition coefficient (Wildman–Crippen LogP) is 0.546. The summed E-state index contributed by atoms with van der Waals surface area (Å²) in [5.74, 6) is 0. The monoisotopic (exact) mass is 116 g/mol. The average molecular weight is 116 g/mol. The van der Waals surface area contributed by atoms with E-state index in [0.29, 0.717) is 0 Å². The minimum atomic E-state index is -0.280. The first-order chi connectivity index (χ1) is 3.80. The Balaban J connectivity index is 2.24. The molecule has 1 unspecified atom stereocenters. The van der Waals surface area contributed by atoms with Crippen LogP contribution in [0.25, 0.3) is 0 Å². The summed E-state index contributed by atoms with van der Waals surface area (Å²) in [7, 11) is 0. The molecule has 0 amide bonds. The van der Waals surface area contributed by atoms with E-state index in [4.69, 9.17) is 9.84 Å². The van der Waals surface area contributed by atoms with Crippen LogP contribution in [0.15, 0.2) is 0 Å². The third-order valence-electron chi connectivity index (χ3n) is 1.50.